The number of ether oxygens (including phenoxy) is 1. The molecule has 26 heavy (non-hydrogen) atoms. The van der Waals surface area contributed by atoms with Gasteiger partial charge in [-0.25, -0.2) is 13.8 Å². The molecule has 1 amide bonds. The number of amides is 1. The quantitative estimate of drug-likeness (QED) is 0.842. The van der Waals surface area contributed by atoms with E-state index in [-0.39, 0.29) is 36.7 Å². The normalized spacial score (nSPS) is 19.4. The number of likely N-dealkylation sites (tertiary alicyclic amines) is 1. The Balaban J connectivity index is 1.83. The van der Waals surface area contributed by atoms with E-state index in [1.165, 1.54) is 23.4 Å². The largest absolute Gasteiger partial charge is 0.490 e. The smallest absolute Gasteiger partial charge is 0.258 e. The van der Waals surface area contributed by atoms with Crippen LogP contribution in [0.3, 0.4) is 0 Å². The van der Waals surface area contributed by atoms with E-state index in [4.69, 9.17) is 21.7 Å². The molecule has 0 spiro atoms. The maximum atomic E-state index is 13.4. The molecular weight excluding hydrogens is 366 g/mol. The summed E-state index contributed by atoms with van der Waals surface area (Å²) < 4.78 is 30.9. The van der Waals surface area contributed by atoms with E-state index in [1.54, 1.807) is 0 Å². The summed E-state index contributed by atoms with van der Waals surface area (Å²) in [7, 11) is 0. The van der Waals surface area contributed by atoms with Crippen LogP contribution in [0.15, 0.2) is 45.8 Å². The molecule has 9 heteroatoms. The molecule has 0 atom stereocenters. The Bertz CT molecular complexity index is 851. The standard InChI is InChI=1S/C17H15ClF2N4O2/c18-10-6-22-16(23-7-10)13-8-24(9-14(13)21)17(25)12-2-1-11(20)5-15(12)26-4-3-19/h1-2,5-7,21-22H,3-4,8-9H2/b16-13+,21-14?. The van der Waals surface area contributed by atoms with Gasteiger partial charge in [0.05, 0.1) is 29.4 Å². The van der Waals surface area contributed by atoms with Crippen LogP contribution in [0, 0.1) is 11.2 Å². The molecule has 136 valence electrons. The van der Waals surface area contributed by atoms with Crippen molar-refractivity contribution in [3.8, 4) is 5.75 Å². The monoisotopic (exact) mass is 380 g/mol. The minimum absolute atomic E-state index is 0.0242. The van der Waals surface area contributed by atoms with Gasteiger partial charge in [-0.05, 0) is 12.1 Å². The molecule has 1 aromatic carbocycles. The van der Waals surface area contributed by atoms with E-state index in [1.807, 2.05) is 0 Å². The highest BCUT2D eigenvalue weighted by Crippen LogP contribution is 2.25. The van der Waals surface area contributed by atoms with Gasteiger partial charge in [-0.2, -0.15) is 0 Å². The number of hydrogen-bond acceptors (Lipinski definition) is 5. The Kier molecular flexibility index (Phi) is 5.32. The number of carbonyl (C=O) groups excluding carboxylic acids is 1. The minimum Gasteiger partial charge on any atom is -0.490 e. The first kappa shape index (κ1) is 18.1. The van der Waals surface area contributed by atoms with E-state index >= 15 is 0 Å². The SMILES string of the molecule is N=C1CN(C(=O)c2ccc(F)cc2OCCF)C/C1=C1\N=CC(Cl)=CN1. The van der Waals surface area contributed by atoms with Crippen molar-refractivity contribution < 1.29 is 18.3 Å². The van der Waals surface area contributed by atoms with Crippen molar-refractivity contribution in [2.45, 2.75) is 0 Å². The van der Waals surface area contributed by atoms with Gasteiger partial charge in [0.15, 0.2) is 0 Å². The Morgan fingerprint density at radius 1 is 1.42 bits per heavy atom. The predicted octanol–water partition coefficient (Wildman–Crippen LogP) is 2.62. The number of rotatable bonds is 4. The second-order valence-electron chi connectivity index (χ2n) is 5.58. The molecule has 2 N–H and O–H groups in total. The molecule has 1 saturated heterocycles. The van der Waals surface area contributed by atoms with Crippen molar-refractivity contribution in [3.05, 3.63) is 52.2 Å². The molecule has 2 aliphatic rings. The van der Waals surface area contributed by atoms with Gasteiger partial charge in [-0.15, -0.1) is 0 Å². The summed E-state index contributed by atoms with van der Waals surface area (Å²) in [6.45, 7) is -0.802. The van der Waals surface area contributed by atoms with E-state index in [0.29, 0.717) is 16.4 Å². The van der Waals surface area contributed by atoms with Crippen LogP contribution in [0.25, 0.3) is 0 Å². The molecule has 2 heterocycles. The van der Waals surface area contributed by atoms with Gasteiger partial charge in [0.25, 0.3) is 5.91 Å². The van der Waals surface area contributed by atoms with Gasteiger partial charge < -0.3 is 20.4 Å². The second kappa shape index (κ2) is 7.65. The fourth-order valence-electron chi connectivity index (χ4n) is 2.60. The Morgan fingerprint density at radius 2 is 2.23 bits per heavy atom. The first-order valence-electron chi connectivity index (χ1n) is 7.74. The molecule has 0 radical (unpaired) electrons. The van der Waals surface area contributed by atoms with Gasteiger partial charge in [-0.3, -0.25) is 4.79 Å². The van der Waals surface area contributed by atoms with Crippen molar-refractivity contribution in [2.24, 2.45) is 4.99 Å². The highest BCUT2D eigenvalue weighted by atomic mass is 35.5. The highest BCUT2D eigenvalue weighted by Gasteiger charge is 2.31. The molecule has 2 aliphatic heterocycles. The topological polar surface area (TPSA) is 77.8 Å². The third-order valence-electron chi connectivity index (χ3n) is 3.81. The lowest BCUT2D eigenvalue weighted by atomic mass is 10.1. The Morgan fingerprint density at radius 3 is 2.92 bits per heavy atom. The molecule has 0 saturated carbocycles. The predicted molar refractivity (Wildman–Crippen MR) is 94.1 cm³/mol. The average Bonchev–Trinajstić information content (AvgIpc) is 3.02. The fourth-order valence-corrected chi connectivity index (χ4v) is 2.71. The number of nitrogens with zero attached hydrogens (tertiary/aromatic N) is 2. The summed E-state index contributed by atoms with van der Waals surface area (Å²) in [6.07, 6.45) is 2.98. The number of aliphatic imine (C=N–C) groups is 1. The van der Waals surface area contributed by atoms with Crippen LogP contribution in [0.5, 0.6) is 5.75 Å². The van der Waals surface area contributed by atoms with Crippen LogP contribution in [-0.2, 0) is 0 Å². The van der Waals surface area contributed by atoms with Crippen molar-refractivity contribution in [3.63, 3.8) is 0 Å². The van der Waals surface area contributed by atoms with Gasteiger partial charge >= 0.3 is 0 Å². The van der Waals surface area contributed by atoms with E-state index in [9.17, 15) is 13.6 Å². The molecule has 6 nitrogen and oxygen atoms in total. The third kappa shape index (κ3) is 3.75. The molecule has 0 unspecified atom stereocenters. The number of benzene rings is 1. The Hall–Kier alpha value is -2.74. The average molecular weight is 381 g/mol. The van der Waals surface area contributed by atoms with E-state index < -0.39 is 18.4 Å². The van der Waals surface area contributed by atoms with Gasteiger partial charge in [0.1, 0.15) is 30.7 Å². The van der Waals surface area contributed by atoms with Gasteiger partial charge in [-0.1, -0.05) is 11.6 Å². The van der Waals surface area contributed by atoms with Crippen LogP contribution in [0.2, 0.25) is 0 Å². The van der Waals surface area contributed by atoms with Gasteiger partial charge in [0.2, 0.25) is 0 Å². The second-order valence-corrected chi connectivity index (χ2v) is 6.01. The van der Waals surface area contributed by atoms with Crippen LogP contribution in [0.4, 0.5) is 8.78 Å². The summed E-state index contributed by atoms with van der Waals surface area (Å²) in [4.78, 5) is 18.3. The maximum Gasteiger partial charge on any atom is 0.258 e. The number of halogens is 3. The number of nitrogens with one attached hydrogen (secondary N) is 2. The van der Waals surface area contributed by atoms with Crippen LogP contribution < -0.4 is 10.1 Å². The number of alkyl halides is 1. The lowest BCUT2D eigenvalue weighted by Crippen LogP contribution is -2.29. The zero-order chi connectivity index (χ0) is 18.7. The molecule has 3 rings (SSSR count). The number of hydrogen-bond donors (Lipinski definition) is 2. The molecular formula is C17H15ClF2N4O2. The van der Waals surface area contributed by atoms with Crippen LogP contribution in [0.1, 0.15) is 10.4 Å². The lowest BCUT2D eigenvalue weighted by molar-refractivity contribution is 0.0799. The first-order chi connectivity index (χ1) is 12.5. The van der Waals surface area contributed by atoms with E-state index in [2.05, 4.69) is 10.3 Å². The third-order valence-corrected chi connectivity index (χ3v) is 4.01. The number of allylic oxidation sites excluding steroid dienone is 1. The van der Waals surface area contributed by atoms with Crippen LogP contribution >= 0.6 is 11.6 Å². The molecule has 0 aromatic heterocycles. The summed E-state index contributed by atoms with van der Waals surface area (Å²) in [5.41, 5.74) is 0.906. The summed E-state index contributed by atoms with van der Waals surface area (Å²) in [5, 5.41) is 11.4. The first-order valence-corrected chi connectivity index (χ1v) is 8.12. The lowest BCUT2D eigenvalue weighted by Gasteiger charge is -2.17. The summed E-state index contributed by atoms with van der Waals surface area (Å²) >= 11 is 5.79. The molecule has 1 aromatic rings. The Labute approximate surface area is 153 Å². The molecule has 1 fully saturated rings. The molecule has 0 bridgehead atoms. The molecule has 0 aliphatic carbocycles. The summed E-state index contributed by atoms with van der Waals surface area (Å²) in [6, 6.07) is 3.47. The number of carbonyl (C=O) groups is 1. The fraction of sp³-hybridized carbons (Fsp3) is 0.235. The van der Waals surface area contributed by atoms with Crippen molar-refractivity contribution >= 4 is 29.4 Å². The zero-order valence-electron chi connectivity index (χ0n) is 13.6. The van der Waals surface area contributed by atoms with Gasteiger partial charge in [0, 0.05) is 24.1 Å². The minimum atomic E-state index is -0.755. The highest BCUT2D eigenvalue weighted by molar-refractivity contribution is 6.39. The van der Waals surface area contributed by atoms with Crippen molar-refractivity contribution in [2.75, 3.05) is 26.4 Å². The maximum absolute atomic E-state index is 13.4. The van der Waals surface area contributed by atoms with E-state index in [0.717, 1.165) is 12.1 Å². The zero-order valence-corrected chi connectivity index (χ0v) is 14.3. The van der Waals surface area contributed by atoms with Crippen molar-refractivity contribution in [1.29, 1.82) is 5.41 Å². The van der Waals surface area contributed by atoms with Crippen molar-refractivity contribution in [1.82, 2.24) is 10.2 Å². The van der Waals surface area contributed by atoms with Crippen LogP contribution in [-0.4, -0.2) is 49.1 Å². The summed E-state index contributed by atoms with van der Waals surface area (Å²) in [5.74, 6) is -0.601.